The van der Waals surface area contributed by atoms with E-state index < -0.39 is 11.9 Å². The Labute approximate surface area is 108 Å². The van der Waals surface area contributed by atoms with Gasteiger partial charge >= 0.3 is 5.97 Å². The van der Waals surface area contributed by atoms with Gasteiger partial charge in [-0.25, -0.2) is 0 Å². The molecule has 0 aliphatic heterocycles. The quantitative estimate of drug-likeness (QED) is 0.852. The fourth-order valence-corrected chi connectivity index (χ4v) is 2.10. The lowest BCUT2D eigenvalue weighted by atomic mass is 9.95. The Kier molecular flexibility index (Phi) is 3.85. The molecule has 1 saturated carbocycles. The maximum Gasteiger partial charge on any atom is 0.310 e. The molecule has 2 heteroatoms. The molecular formula is C16H20O2. The average molecular weight is 244 g/mol. The van der Waals surface area contributed by atoms with E-state index in [2.05, 4.69) is 24.3 Å². The molecule has 0 saturated heterocycles. The number of hydrogen-bond acceptors (Lipinski definition) is 1. The molecule has 18 heavy (non-hydrogen) atoms. The van der Waals surface area contributed by atoms with E-state index in [1.807, 2.05) is 19.9 Å². The summed E-state index contributed by atoms with van der Waals surface area (Å²) >= 11 is 0. The first-order valence-electron chi connectivity index (χ1n) is 6.59. The van der Waals surface area contributed by atoms with Gasteiger partial charge in [0, 0.05) is 0 Å². The fraction of sp³-hybridized carbons (Fsp3) is 0.438. The summed E-state index contributed by atoms with van der Waals surface area (Å²) in [6.07, 6.45) is 6.32. The lowest BCUT2D eigenvalue weighted by Crippen LogP contribution is -2.16. The predicted molar refractivity (Wildman–Crippen MR) is 73.4 cm³/mol. The van der Waals surface area contributed by atoms with Gasteiger partial charge in [0.05, 0.1) is 5.92 Å². The molecule has 0 heterocycles. The van der Waals surface area contributed by atoms with Crippen LogP contribution in [0.5, 0.6) is 0 Å². The monoisotopic (exact) mass is 244 g/mol. The second kappa shape index (κ2) is 5.38. The molecule has 0 aromatic heterocycles. The summed E-state index contributed by atoms with van der Waals surface area (Å²) in [4.78, 5) is 11.1. The molecule has 96 valence electrons. The van der Waals surface area contributed by atoms with Gasteiger partial charge in [-0.2, -0.15) is 0 Å². The number of carbonyl (C=O) groups is 1. The first-order chi connectivity index (χ1) is 8.58. The topological polar surface area (TPSA) is 37.3 Å². The van der Waals surface area contributed by atoms with Gasteiger partial charge in [-0.15, -0.1) is 0 Å². The van der Waals surface area contributed by atoms with Crippen molar-refractivity contribution in [3.8, 4) is 0 Å². The molecule has 1 fully saturated rings. The van der Waals surface area contributed by atoms with E-state index in [9.17, 15) is 4.79 Å². The zero-order valence-electron chi connectivity index (χ0n) is 11.0. The highest BCUT2D eigenvalue weighted by molar-refractivity contribution is 5.74. The average Bonchev–Trinajstić information content (AvgIpc) is 3.13. The molecule has 1 aliphatic carbocycles. The third kappa shape index (κ3) is 3.22. The molecule has 0 spiro atoms. The lowest BCUT2D eigenvalue weighted by Gasteiger charge is -2.11. The summed E-state index contributed by atoms with van der Waals surface area (Å²) in [6, 6.07) is 8.46. The molecular weight excluding hydrogens is 224 g/mol. The van der Waals surface area contributed by atoms with Crippen LogP contribution in [0.2, 0.25) is 0 Å². The number of carboxylic acid groups (broad SMARTS) is 1. The van der Waals surface area contributed by atoms with E-state index in [1.165, 1.54) is 18.4 Å². The second-order valence-corrected chi connectivity index (χ2v) is 5.41. The zero-order chi connectivity index (χ0) is 13.1. The summed E-state index contributed by atoms with van der Waals surface area (Å²) in [7, 11) is 0. The molecule has 1 aliphatic rings. The van der Waals surface area contributed by atoms with Crippen LogP contribution in [0.25, 0.3) is 6.08 Å². The number of benzene rings is 1. The molecule has 0 amide bonds. The third-order valence-electron chi connectivity index (χ3n) is 3.48. The van der Waals surface area contributed by atoms with Crippen LogP contribution < -0.4 is 0 Å². The standard InChI is InChI=1S/C16H20O2/c1-11(2)15(16(17)18)10-5-12-3-6-13(7-4-12)14-8-9-14/h3-7,10-11,14-15H,8-9H2,1-2H3,(H,17,18). The van der Waals surface area contributed by atoms with E-state index >= 15 is 0 Å². The van der Waals surface area contributed by atoms with Crippen molar-refractivity contribution >= 4 is 12.0 Å². The van der Waals surface area contributed by atoms with Gasteiger partial charge < -0.3 is 5.11 Å². The number of hydrogen-bond donors (Lipinski definition) is 1. The van der Waals surface area contributed by atoms with Crippen LogP contribution in [0.15, 0.2) is 30.3 Å². The molecule has 1 aromatic rings. The number of carboxylic acids is 1. The van der Waals surface area contributed by atoms with Crippen molar-refractivity contribution in [2.75, 3.05) is 0 Å². The lowest BCUT2D eigenvalue weighted by molar-refractivity contribution is -0.141. The molecule has 1 N–H and O–H groups in total. The van der Waals surface area contributed by atoms with Gasteiger partial charge in [-0.1, -0.05) is 50.3 Å². The van der Waals surface area contributed by atoms with Gasteiger partial charge in [-0.3, -0.25) is 4.79 Å². The fourth-order valence-electron chi connectivity index (χ4n) is 2.10. The Morgan fingerprint density at radius 3 is 2.33 bits per heavy atom. The van der Waals surface area contributed by atoms with Crippen molar-refractivity contribution < 1.29 is 9.90 Å². The second-order valence-electron chi connectivity index (χ2n) is 5.41. The molecule has 1 unspecified atom stereocenters. The van der Waals surface area contributed by atoms with Gasteiger partial charge in [0.25, 0.3) is 0 Å². The minimum atomic E-state index is -0.754. The van der Waals surface area contributed by atoms with Crippen LogP contribution in [0.4, 0.5) is 0 Å². The SMILES string of the molecule is CC(C)C(C=Cc1ccc(C2CC2)cc1)C(=O)O. The Balaban J connectivity index is 2.04. The van der Waals surface area contributed by atoms with Gasteiger partial charge in [0.15, 0.2) is 0 Å². The molecule has 1 atom stereocenters. The summed E-state index contributed by atoms with van der Waals surface area (Å²) in [5.74, 6) is -0.279. The van der Waals surface area contributed by atoms with Gasteiger partial charge in [0.1, 0.15) is 0 Å². The highest BCUT2D eigenvalue weighted by Crippen LogP contribution is 2.39. The summed E-state index contributed by atoms with van der Waals surface area (Å²) in [5.41, 5.74) is 2.48. The summed E-state index contributed by atoms with van der Waals surface area (Å²) < 4.78 is 0. The van der Waals surface area contributed by atoms with Crippen molar-refractivity contribution in [2.24, 2.45) is 11.8 Å². The van der Waals surface area contributed by atoms with Crippen LogP contribution >= 0.6 is 0 Å². The van der Waals surface area contributed by atoms with Crippen LogP contribution in [-0.2, 0) is 4.79 Å². The van der Waals surface area contributed by atoms with Crippen molar-refractivity contribution in [1.82, 2.24) is 0 Å². The van der Waals surface area contributed by atoms with E-state index in [4.69, 9.17) is 5.11 Å². The van der Waals surface area contributed by atoms with Crippen molar-refractivity contribution in [2.45, 2.75) is 32.6 Å². The number of rotatable bonds is 5. The van der Waals surface area contributed by atoms with Crippen molar-refractivity contribution in [3.05, 3.63) is 41.5 Å². The maximum absolute atomic E-state index is 11.1. The Morgan fingerprint density at radius 1 is 1.28 bits per heavy atom. The Bertz CT molecular complexity index is 439. The highest BCUT2D eigenvalue weighted by Gasteiger charge is 2.22. The van der Waals surface area contributed by atoms with E-state index in [0.717, 1.165) is 11.5 Å². The smallest absolute Gasteiger partial charge is 0.310 e. The van der Waals surface area contributed by atoms with E-state index in [0.29, 0.717) is 0 Å². The van der Waals surface area contributed by atoms with Gasteiger partial charge in [-0.05, 0) is 35.8 Å². The van der Waals surface area contributed by atoms with Gasteiger partial charge in [0.2, 0.25) is 0 Å². The Hall–Kier alpha value is -1.57. The summed E-state index contributed by atoms with van der Waals surface area (Å²) in [6.45, 7) is 3.86. The maximum atomic E-state index is 11.1. The van der Waals surface area contributed by atoms with Crippen LogP contribution in [-0.4, -0.2) is 11.1 Å². The molecule has 0 radical (unpaired) electrons. The molecule has 0 bridgehead atoms. The minimum absolute atomic E-state index is 0.115. The molecule has 1 aromatic carbocycles. The van der Waals surface area contributed by atoms with Crippen LogP contribution in [0.3, 0.4) is 0 Å². The predicted octanol–water partition coefficient (Wildman–Crippen LogP) is 3.93. The van der Waals surface area contributed by atoms with E-state index in [-0.39, 0.29) is 5.92 Å². The first-order valence-corrected chi connectivity index (χ1v) is 6.59. The van der Waals surface area contributed by atoms with Crippen LogP contribution in [0.1, 0.15) is 43.7 Å². The van der Waals surface area contributed by atoms with Crippen molar-refractivity contribution in [3.63, 3.8) is 0 Å². The Morgan fingerprint density at radius 2 is 1.89 bits per heavy atom. The number of aliphatic carboxylic acids is 1. The molecule has 2 nitrogen and oxygen atoms in total. The summed E-state index contributed by atoms with van der Waals surface area (Å²) in [5, 5.41) is 9.10. The third-order valence-corrected chi connectivity index (χ3v) is 3.48. The molecule has 2 rings (SSSR count). The van der Waals surface area contributed by atoms with E-state index in [1.54, 1.807) is 6.08 Å². The first kappa shape index (κ1) is 12.9. The van der Waals surface area contributed by atoms with Crippen molar-refractivity contribution in [1.29, 1.82) is 0 Å². The normalized spacial score (nSPS) is 17.3. The van der Waals surface area contributed by atoms with Crippen LogP contribution in [0, 0.1) is 11.8 Å². The highest BCUT2D eigenvalue weighted by atomic mass is 16.4. The zero-order valence-corrected chi connectivity index (χ0v) is 11.0. The minimum Gasteiger partial charge on any atom is -0.481 e. The largest absolute Gasteiger partial charge is 0.481 e.